The monoisotopic (exact) mass is 315 g/mol. The molecule has 0 saturated carbocycles. The average molecular weight is 315 g/mol. The summed E-state index contributed by atoms with van der Waals surface area (Å²) < 4.78 is 0. The number of pyridine rings is 1. The van der Waals surface area contributed by atoms with Gasteiger partial charge >= 0.3 is 5.97 Å². The third-order valence-corrected chi connectivity index (χ3v) is 3.71. The topological polar surface area (TPSA) is 73.7 Å². The number of amides is 1. The van der Waals surface area contributed by atoms with E-state index < -0.39 is 11.9 Å². The molecule has 0 aliphatic rings. The summed E-state index contributed by atoms with van der Waals surface area (Å²) in [6, 6.07) is 9.37. The summed E-state index contributed by atoms with van der Waals surface area (Å²) >= 11 is 0. The van der Waals surface area contributed by atoms with E-state index in [1.54, 1.807) is 20.0 Å². The van der Waals surface area contributed by atoms with Gasteiger partial charge in [0.25, 0.3) is 5.91 Å². The number of fused-ring (bicyclic) bond motifs is 1. The molecule has 0 spiro atoms. The van der Waals surface area contributed by atoms with Gasteiger partial charge in [0.05, 0.1) is 11.4 Å². The summed E-state index contributed by atoms with van der Waals surface area (Å²) in [6.45, 7) is 1.71. The van der Waals surface area contributed by atoms with Gasteiger partial charge in [-0.15, -0.1) is 0 Å². The molecule has 23 heavy (non-hydrogen) atoms. The smallest absolute Gasteiger partial charge is 0.308 e. The molecule has 1 atom stereocenters. The van der Waals surface area contributed by atoms with Crippen molar-refractivity contribution >= 4 is 28.5 Å². The lowest BCUT2D eigenvalue weighted by atomic mass is 10.1. The molecular formula is C17H21N3O3. The molecule has 0 bridgehead atoms. The maximum Gasteiger partial charge on any atom is 0.308 e. The highest BCUT2D eigenvalue weighted by Crippen LogP contribution is 2.25. The van der Waals surface area contributed by atoms with Gasteiger partial charge in [-0.1, -0.05) is 25.1 Å². The van der Waals surface area contributed by atoms with E-state index >= 15 is 0 Å². The predicted octanol–water partition coefficient (Wildman–Crippen LogP) is 2.09. The van der Waals surface area contributed by atoms with Gasteiger partial charge in [0.15, 0.2) is 0 Å². The molecule has 1 heterocycles. The Morgan fingerprint density at radius 2 is 1.87 bits per heavy atom. The van der Waals surface area contributed by atoms with Crippen molar-refractivity contribution in [2.75, 3.05) is 32.6 Å². The zero-order valence-electron chi connectivity index (χ0n) is 13.8. The van der Waals surface area contributed by atoms with Crippen molar-refractivity contribution in [3.63, 3.8) is 0 Å². The van der Waals surface area contributed by atoms with Crippen molar-refractivity contribution in [3.05, 3.63) is 36.0 Å². The number of carboxylic acids is 1. The third kappa shape index (κ3) is 3.59. The van der Waals surface area contributed by atoms with E-state index in [-0.39, 0.29) is 12.5 Å². The normalized spacial score (nSPS) is 12.0. The number of carbonyl (C=O) groups excluding carboxylic acids is 1. The third-order valence-electron chi connectivity index (χ3n) is 3.71. The maximum atomic E-state index is 12.6. The molecular weight excluding hydrogens is 294 g/mol. The molecule has 0 saturated heterocycles. The van der Waals surface area contributed by atoms with E-state index in [1.807, 2.05) is 43.3 Å². The van der Waals surface area contributed by atoms with Gasteiger partial charge in [-0.2, -0.15) is 0 Å². The zero-order valence-corrected chi connectivity index (χ0v) is 13.8. The SMILES string of the molecule is CC(CN(C)C(=O)c1cc(N(C)C)c2ccccc2n1)C(=O)O. The van der Waals surface area contributed by atoms with Crippen molar-refractivity contribution in [2.45, 2.75) is 6.92 Å². The van der Waals surface area contributed by atoms with Crippen molar-refractivity contribution in [1.82, 2.24) is 9.88 Å². The lowest BCUT2D eigenvalue weighted by molar-refractivity contribution is -0.141. The van der Waals surface area contributed by atoms with Crippen molar-refractivity contribution < 1.29 is 14.7 Å². The number of hydrogen-bond donors (Lipinski definition) is 1. The fourth-order valence-corrected chi connectivity index (χ4v) is 2.40. The lowest BCUT2D eigenvalue weighted by Crippen LogP contribution is -2.34. The molecule has 6 heteroatoms. The molecule has 0 radical (unpaired) electrons. The Hall–Kier alpha value is -2.63. The standard InChI is InChI=1S/C17H21N3O3/c1-11(17(22)23)10-20(4)16(21)14-9-15(19(2)3)12-7-5-6-8-13(12)18-14/h5-9,11H,10H2,1-4H3,(H,22,23). The van der Waals surface area contributed by atoms with E-state index in [1.165, 1.54) is 4.90 Å². The predicted molar refractivity (Wildman–Crippen MR) is 89.8 cm³/mol. The number of para-hydroxylation sites is 1. The minimum atomic E-state index is -0.926. The number of anilines is 1. The largest absolute Gasteiger partial charge is 0.481 e. The number of benzene rings is 1. The second kappa shape index (κ2) is 6.64. The number of rotatable bonds is 5. The molecule has 122 valence electrons. The molecule has 2 aromatic rings. The zero-order chi connectivity index (χ0) is 17.1. The lowest BCUT2D eigenvalue weighted by Gasteiger charge is -2.21. The van der Waals surface area contributed by atoms with Crippen LogP contribution in [-0.4, -0.2) is 54.6 Å². The molecule has 6 nitrogen and oxygen atoms in total. The quantitative estimate of drug-likeness (QED) is 0.914. The van der Waals surface area contributed by atoms with Crippen LogP contribution < -0.4 is 4.90 Å². The molecule has 1 N–H and O–H groups in total. The van der Waals surface area contributed by atoms with Crippen LogP contribution in [0.3, 0.4) is 0 Å². The summed E-state index contributed by atoms with van der Waals surface area (Å²) in [5.74, 6) is -1.84. The highest BCUT2D eigenvalue weighted by Gasteiger charge is 2.20. The highest BCUT2D eigenvalue weighted by molar-refractivity contribution is 6.00. The Morgan fingerprint density at radius 1 is 1.22 bits per heavy atom. The maximum absolute atomic E-state index is 12.6. The Labute approximate surface area is 135 Å². The van der Waals surface area contributed by atoms with Crippen molar-refractivity contribution in [3.8, 4) is 0 Å². The van der Waals surface area contributed by atoms with E-state index in [0.717, 1.165) is 16.6 Å². The fraction of sp³-hybridized carbons (Fsp3) is 0.353. The van der Waals surface area contributed by atoms with Gasteiger partial charge in [0, 0.05) is 38.8 Å². The van der Waals surface area contributed by atoms with E-state index in [4.69, 9.17) is 5.11 Å². The molecule has 1 amide bonds. The van der Waals surface area contributed by atoms with Gasteiger partial charge in [0.2, 0.25) is 0 Å². The number of nitrogens with zero attached hydrogens (tertiary/aromatic N) is 3. The Balaban J connectivity index is 2.39. The first-order valence-electron chi connectivity index (χ1n) is 7.36. The minimum absolute atomic E-state index is 0.139. The summed E-state index contributed by atoms with van der Waals surface area (Å²) in [5.41, 5.74) is 1.95. The molecule has 0 aliphatic carbocycles. The molecule has 1 aromatic heterocycles. The van der Waals surface area contributed by atoms with E-state index in [0.29, 0.717) is 5.69 Å². The van der Waals surface area contributed by atoms with Crippen LogP contribution in [0.1, 0.15) is 17.4 Å². The van der Waals surface area contributed by atoms with Crippen molar-refractivity contribution in [1.29, 1.82) is 0 Å². The van der Waals surface area contributed by atoms with Crippen LogP contribution in [0.4, 0.5) is 5.69 Å². The van der Waals surface area contributed by atoms with Crippen LogP contribution in [0.25, 0.3) is 10.9 Å². The number of carbonyl (C=O) groups is 2. The van der Waals surface area contributed by atoms with E-state index in [2.05, 4.69) is 4.98 Å². The first kappa shape index (κ1) is 16.7. The second-order valence-corrected chi connectivity index (χ2v) is 5.86. The number of aliphatic carboxylic acids is 1. The molecule has 0 fully saturated rings. The number of carboxylic acid groups (broad SMARTS) is 1. The molecule has 2 rings (SSSR count). The highest BCUT2D eigenvalue weighted by atomic mass is 16.4. The van der Waals surface area contributed by atoms with Crippen molar-refractivity contribution in [2.24, 2.45) is 5.92 Å². The summed E-state index contributed by atoms with van der Waals surface area (Å²) in [7, 11) is 5.41. The van der Waals surface area contributed by atoms with Gasteiger partial charge in [-0.05, 0) is 12.1 Å². The van der Waals surface area contributed by atoms with Crippen LogP contribution in [-0.2, 0) is 4.79 Å². The summed E-state index contributed by atoms with van der Waals surface area (Å²) in [5, 5.41) is 9.95. The summed E-state index contributed by atoms with van der Waals surface area (Å²) in [4.78, 5) is 31.3. The Morgan fingerprint density at radius 3 is 2.48 bits per heavy atom. The van der Waals surface area contributed by atoms with Gasteiger partial charge in [-0.3, -0.25) is 9.59 Å². The van der Waals surface area contributed by atoms with E-state index in [9.17, 15) is 9.59 Å². The van der Waals surface area contributed by atoms with Crippen LogP contribution in [0.15, 0.2) is 30.3 Å². The second-order valence-electron chi connectivity index (χ2n) is 5.86. The van der Waals surface area contributed by atoms with Crippen LogP contribution in [0, 0.1) is 5.92 Å². The Bertz CT molecular complexity index is 743. The molecule has 1 aromatic carbocycles. The molecule has 0 aliphatic heterocycles. The van der Waals surface area contributed by atoms with Gasteiger partial charge in [-0.25, -0.2) is 4.98 Å². The average Bonchev–Trinajstić information content (AvgIpc) is 2.52. The first-order chi connectivity index (χ1) is 10.8. The summed E-state index contributed by atoms with van der Waals surface area (Å²) in [6.07, 6.45) is 0. The van der Waals surface area contributed by atoms with Crippen LogP contribution >= 0.6 is 0 Å². The van der Waals surface area contributed by atoms with Gasteiger partial charge in [0.1, 0.15) is 5.69 Å². The minimum Gasteiger partial charge on any atom is -0.481 e. The number of aromatic nitrogens is 1. The first-order valence-corrected chi connectivity index (χ1v) is 7.36. The molecule has 1 unspecified atom stereocenters. The van der Waals surface area contributed by atoms with Gasteiger partial charge < -0.3 is 14.9 Å². The number of hydrogen-bond acceptors (Lipinski definition) is 4. The fourth-order valence-electron chi connectivity index (χ4n) is 2.40. The Kier molecular flexibility index (Phi) is 4.83. The van der Waals surface area contributed by atoms with Crippen LogP contribution in [0.2, 0.25) is 0 Å². The van der Waals surface area contributed by atoms with Crippen LogP contribution in [0.5, 0.6) is 0 Å².